The maximum absolute atomic E-state index is 11.9. The molecule has 0 saturated carbocycles. The Morgan fingerprint density at radius 1 is 1.32 bits per heavy atom. The molecule has 0 unspecified atom stereocenters. The van der Waals surface area contributed by atoms with Gasteiger partial charge in [-0.15, -0.1) is 0 Å². The molecule has 116 valence electrons. The third kappa shape index (κ3) is 5.24. The largest absolute Gasteiger partial charge is 0.374 e. The van der Waals surface area contributed by atoms with E-state index in [1.807, 2.05) is 37.3 Å². The lowest BCUT2D eigenvalue weighted by Gasteiger charge is -2.13. The number of rotatable bonds is 7. The van der Waals surface area contributed by atoms with Crippen LogP contribution in [-0.4, -0.2) is 24.0 Å². The summed E-state index contributed by atoms with van der Waals surface area (Å²) in [5.41, 5.74) is 1.71. The predicted molar refractivity (Wildman–Crippen MR) is 89.7 cm³/mol. The van der Waals surface area contributed by atoms with Crippen molar-refractivity contribution in [1.82, 2.24) is 10.3 Å². The van der Waals surface area contributed by atoms with Crippen LogP contribution in [0, 0.1) is 0 Å². The van der Waals surface area contributed by atoms with Gasteiger partial charge in [0.15, 0.2) is 0 Å². The van der Waals surface area contributed by atoms with E-state index in [0.29, 0.717) is 18.7 Å². The van der Waals surface area contributed by atoms with E-state index in [0.717, 1.165) is 16.5 Å². The molecule has 1 aromatic heterocycles. The number of nitrogens with zero attached hydrogens (tertiary/aromatic N) is 1. The molecule has 0 aliphatic carbocycles. The van der Waals surface area contributed by atoms with Crippen LogP contribution >= 0.6 is 15.9 Å². The van der Waals surface area contributed by atoms with Crippen molar-refractivity contribution in [2.24, 2.45) is 0 Å². The summed E-state index contributed by atoms with van der Waals surface area (Å²) in [6, 6.07) is 11.8. The number of halogens is 1. The van der Waals surface area contributed by atoms with Gasteiger partial charge in [0.1, 0.15) is 0 Å². The monoisotopic (exact) mass is 362 g/mol. The van der Waals surface area contributed by atoms with Crippen molar-refractivity contribution >= 4 is 21.8 Å². The van der Waals surface area contributed by atoms with Crippen LogP contribution in [0.2, 0.25) is 0 Å². The number of hydrogen-bond donors (Lipinski definition) is 1. The average molecular weight is 363 g/mol. The van der Waals surface area contributed by atoms with Crippen molar-refractivity contribution < 1.29 is 9.53 Å². The first-order valence-electron chi connectivity index (χ1n) is 7.22. The second-order valence-corrected chi connectivity index (χ2v) is 5.84. The molecule has 5 heteroatoms. The van der Waals surface area contributed by atoms with Crippen molar-refractivity contribution in [2.75, 3.05) is 13.2 Å². The highest BCUT2D eigenvalue weighted by atomic mass is 79.9. The first-order chi connectivity index (χ1) is 10.7. The lowest BCUT2D eigenvalue weighted by Crippen LogP contribution is -2.25. The van der Waals surface area contributed by atoms with Crippen LogP contribution in [0.3, 0.4) is 0 Å². The zero-order valence-corrected chi connectivity index (χ0v) is 14.0. The van der Waals surface area contributed by atoms with Crippen molar-refractivity contribution in [2.45, 2.75) is 19.4 Å². The maximum Gasteiger partial charge on any atom is 0.252 e. The van der Waals surface area contributed by atoms with E-state index >= 15 is 0 Å². The Balaban J connectivity index is 1.66. The Hall–Kier alpha value is -1.72. The van der Waals surface area contributed by atoms with Gasteiger partial charge in [-0.3, -0.25) is 9.78 Å². The molecule has 22 heavy (non-hydrogen) atoms. The molecule has 0 spiro atoms. The number of carbonyl (C=O) groups is 1. The molecular weight excluding hydrogens is 344 g/mol. The van der Waals surface area contributed by atoms with Crippen LogP contribution in [0.4, 0.5) is 0 Å². The Labute approximate surface area is 139 Å². The van der Waals surface area contributed by atoms with Gasteiger partial charge in [0.25, 0.3) is 5.91 Å². The third-order valence-corrected chi connectivity index (χ3v) is 3.64. The Morgan fingerprint density at radius 2 is 2.09 bits per heavy atom. The van der Waals surface area contributed by atoms with Gasteiger partial charge in [0, 0.05) is 30.0 Å². The molecule has 1 amide bonds. The molecule has 4 nitrogen and oxygen atoms in total. The molecule has 2 rings (SSSR count). The molecule has 0 radical (unpaired) electrons. The Kier molecular flexibility index (Phi) is 6.55. The van der Waals surface area contributed by atoms with Gasteiger partial charge in [0.2, 0.25) is 0 Å². The van der Waals surface area contributed by atoms with Gasteiger partial charge in [-0.2, -0.15) is 0 Å². The highest BCUT2D eigenvalue weighted by molar-refractivity contribution is 9.10. The second kappa shape index (κ2) is 8.66. The van der Waals surface area contributed by atoms with Crippen molar-refractivity contribution in [3.8, 4) is 0 Å². The topological polar surface area (TPSA) is 51.2 Å². The van der Waals surface area contributed by atoms with Crippen LogP contribution in [0.25, 0.3) is 0 Å². The number of ether oxygens (including phenoxy) is 1. The summed E-state index contributed by atoms with van der Waals surface area (Å²) in [6.07, 6.45) is 4.03. The lowest BCUT2D eigenvalue weighted by molar-refractivity contribution is 0.0635. The molecule has 0 saturated heterocycles. The fraction of sp³-hybridized carbons (Fsp3) is 0.294. The number of amides is 1. The quantitative estimate of drug-likeness (QED) is 0.763. The Morgan fingerprint density at radius 3 is 2.82 bits per heavy atom. The van der Waals surface area contributed by atoms with Gasteiger partial charge in [-0.1, -0.05) is 30.3 Å². The zero-order chi connectivity index (χ0) is 15.8. The summed E-state index contributed by atoms with van der Waals surface area (Å²) in [7, 11) is 0. The van der Waals surface area contributed by atoms with E-state index in [9.17, 15) is 4.79 Å². The minimum absolute atomic E-state index is 0.0613. The molecule has 0 bridgehead atoms. The van der Waals surface area contributed by atoms with Crippen molar-refractivity contribution in [3.05, 3.63) is 64.4 Å². The summed E-state index contributed by atoms with van der Waals surface area (Å²) in [6.45, 7) is 3.21. The molecular formula is C17H19BrN2O2. The molecule has 1 aromatic carbocycles. The number of pyridine rings is 1. The smallest absolute Gasteiger partial charge is 0.252 e. The van der Waals surface area contributed by atoms with E-state index in [-0.39, 0.29) is 12.0 Å². The molecule has 1 N–H and O–H groups in total. The SMILES string of the molecule is C[C@@H](OCCCNC(=O)c1cncc(Br)c1)c1ccccc1. The highest BCUT2D eigenvalue weighted by Crippen LogP contribution is 2.15. The summed E-state index contributed by atoms with van der Waals surface area (Å²) >= 11 is 3.30. The van der Waals surface area contributed by atoms with E-state index < -0.39 is 0 Å². The summed E-state index contributed by atoms with van der Waals surface area (Å²) < 4.78 is 6.56. The Bertz CT molecular complexity index is 605. The molecule has 1 atom stereocenters. The van der Waals surface area contributed by atoms with Crippen LogP contribution in [0.1, 0.15) is 35.4 Å². The van der Waals surface area contributed by atoms with Gasteiger partial charge in [0.05, 0.1) is 11.7 Å². The third-order valence-electron chi connectivity index (χ3n) is 3.21. The summed E-state index contributed by atoms with van der Waals surface area (Å²) in [4.78, 5) is 15.9. The molecule has 1 heterocycles. The molecule has 0 aliphatic rings. The number of hydrogen-bond acceptors (Lipinski definition) is 3. The molecule has 2 aromatic rings. The van der Waals surface area contributed by atoms with Crippen LogP contribution in [-0.2, 0) is 4.74 Å². The minimum Gasteiger partial charge on any atom is -0.374 e. The van der Waals surface area contributed by atoms with Crippen molar-refractivity contribution in [3.63, 3.8) is 0 Å². The van der Waals surface area contributed by atoms with E-state index in [1.54, 1.807) is 18.5 Å². The van der Waals surface area contributed by atoms with E-state index in [4.69, 9.17) is 4.74 Å². The van der Waals surface area contributed by atoms with Crippen molar-refractivity contribution in [1.29, 1.82) is 0 Å². The minimum atomic E-state index is -0.120. The average Bonchev–Trinajstić information content (AvgIpc) is 2.55. The number of carbonyl (C=O) groups excluding carboxylic acids is 1. The lowest BCUT2D eigenvalue weighted by atomic mass is 10.1. The van der Waals surface area contributed by atoms with Gasteiger partial charge < -0.3 is 10.1 Å². The predicted octanol–water partition coefficient (Wildman–Crippen LogP) is 3.74. The highest BCUT2D eigenvalue weighted by Gasteiger charge is 2.07. The van der Waals surface area contributed by atoms with Crippen LogP contribution in [0.5, 0.6) is 0 Å². The van der Waals surface area contributed by atoms with E-state index in [2.05, 4.69) is 26.2 Å². The fourth-order valence-corrected chi connectivity index (χ4v) is 2.36. The summed E-state index contributed by atoms with van der Waals surface area (Å²) in [5, 5.41) is 2.86. The van der Waals surface area contributed by atoms with Crippen LogP contribution < -0.4 is 5.32 Å². The number of aromatic nitrogens is 1. The molecule has 0 aliphatic heterocycles. The standard InChI is InChI=1S/C17H19BrN2O2/c1-13(14-6-3-2-4-7-14)22-9-5-8-20-17(21)15-10-16(18)12-19-11-15/h2-4,6-7,10-13H,5,8-9H2,1H3,(H,20,21)/t13-/m1/s1. The molecule has 0 fully saturated rings. The zero-order valence-electron chi connectivity index (χ0n) is 12.5. The summed E-state index contributed by atoms with van der Waals surface area (Å²) in [5.74, 6) is -0.120. The van der Waals surface area contributed by atoms with Gasteiger partial charge in [-0.25, -0.2) is 0 Å². The van der Waals surface area contributed by atoms with E-state index in [1.165, 1.54) is 0 Å². The second-order valence-electron chi connectivity index (χ2n) is 4.92. The maximum atomic E-state index is 11.9. The van der Waals surface area contributed by atoms with Gasteiger partial charge in [-0.05, 0) is 40.9 Å². The first kappa shape index (κ1) is 16.6. The first-order valence-corrected chi connectivity index (χ1v) is 8.01. The van der Waals surface area contributed by atoms with Gasteiger partial charge >= 0.3 is 0 Å². The number of benzene rings is 1. The number of nitrogens with one attached hydrogen (secondary N) is 1. The normalized spacial score (nSPS) is 11.9. The van der Waals surface area contributed by atoms with Crippen LogP contribution in [0.15, 0.2) is 53.3 Å². The fourth-order valence-electron chi connectivity index (χ4n) is 1.99.